The number of carbonyl (C=O) groups is 1. The summed E-state index contributed by atoms with van der Waals surface area (Å²) in [7, 11) is 4.07. The molecule has 0 unspecified atom stereocenters. The third-order valence-corrected chi connectivity index (χ3v) is 6.62. The molecule has 0 amide bonds. The Morgan fingerprint density at radius 1 is 0.929 bits per heavy atom. The molecule has 42 heavy (non-hydrogen) atoms. The van der Waals surface area contributed by atoms with Crippen LogP contribution in [0.4, 0.5) is 19.8 Å². The van der Waals surface area contributed by atoms with Crippen LogP contribution in [0.2, 0.25) is 0 Å². The predicted molar refractivity (Wildman–Crippen MR) is 155 cm³/mol. The molecular formula is C31H35F6N2O2Sb. The SMILES string of the molecule is CC(C)c1ccc(OC(=O)c2ccc(CN3C(=CC=[N+](C)C)C(C)(C)c4ccccc43)cc2)cc1.[F-].[F][Sb]([F])([F])([F])[F]. The number of ether oxygens (including phenoxy) is 1. The van der Waals surface area contributed by atoms with Crippen molar-refractivity contribution in [2.45, 2.75) is 45.6 Å². The fourth-order valence-corrected chi connectivity index (χ4v) is 4.55. The van der Waals surface area contributed by atoms with Gasteiger partial charge in [0, 0.05) is 29.4 Å². The van der Waals surface area contributed by atoms with Gasteiger partial charge in [0.2, 0.25) is 0 Å². The molecule has 3 aromatic carbocycles. The number of para-hydroxylation sites is 1. The van der Waals surface area contributed by atoms with Gasteiger partial charge in [-0.3, -0.25) is 0 Å². The van der Waals surface area contributed by atoms with Crippen molar-refractivity contribution in [3.8, 4) is 5.75 Å². The van der Waals surface area contributed by atoms with Crippen molar-refractivity contribution in [1.82, 2.24) is 0 Å². The van der Waals surface area contributed by atoms with E-state index in [2.05, 4.69) is 73.7 Å². The molecule has 0 aromatic heterocycles. The van der Waals surface area contributed by atoms with E-state index < -0.39 is 20.3 Å². The van der Waals surface area contributed by atoms with Crippen molar-refractivity contribution in [3.05, 3.63) is 107 Å². The summed E-state index contributed by atoms with van der Waals surface area (Å²) in [4.78, 5) is 15.1. The molecule has 4 nitrogen and oxygen atoms in total. The van der Waals surface area contributed by atoms with Crippen LogP contribution in [-0.2, 0) is 12.0 Å². The zero-order valence-electron chi connectivity index (χ0n) is 24.3. The summed E-state index contributed by atoms with van der Waals surface area (Å²) in [6.07, 6.45) is 4.30. The monoisotopic (exact) mass is 702 g/mol. The molecule has 1 aliphatic heterocycles. The number of fused-ring (bicyclic) bond motifs is 1. The summed E-state index contributed by atoms with van der Waals surface area (Å²) >= 11 is -9.19. The molecule has 0 bridgehead atoms. The fraction of sp³-hybridized carbons (Fsp3) is 0.290. The molecule has 0 aliphatic carbocycles. The third-order valence-electron chi connectivity index (χ3n) is 6.62. The van der Waals surface area contributed by atoms with Crippen LogP contribution in [0.25, 0.3) is 0 Å². The van der Waals surface area contributed by atoms with Crippen molar-refractivity contribution in [3.63, 3.8) is 0 Å². The molecule has 1 aliphatic rings. The van der Waals surface area contributed by atoms with Gasteiger partial charge in [0.1, 0.15) is 19.8 Å². The maximum atomic E-state index is 12.7. The van der Waals surface area contributed by atoms with E-state index in [9.17, 15) is 18.9 Å². The number of allylic oxidation sites excluding steroid dienone is 2. The molecule has 0 atom stereocenters. The van der Waals surface area contributed by atoms with Gasteiger partial charge in [-0.15, -0.1) is 0 Å². The number of rotatable bonds is 6. The number of hydrogen-bond acceptors (Lipinski definition) is 3. The van der Waals surface area contributed by atoms with Gasteiger partial charge >= 0.3 is 40.3 Å². The Labute approximate surface area is 247 Å². The molecule has 228 valence electrons. The van der Waals surface area contributed by atoms with Crippen LogP contribution < -0.4 is 14.3 Å². The minimum atomic E-state index is -9.19. The third kappa shape index (κ3) is 9.93. The Morgan fingerprint density at radius 3 is 2.00 bits per heavy atom. The van der Waals surface area contributed by atoms with Crippen LogP contribution in [0.1, 0.15) is 60.7 Å². The first-order valence-corrected chi connectivity index (χ1v) is 17.8. The summed E-state index contributed by atoms with van der Waals surface area (Å²) in [5.41, 5.74) is 6.59. The van der Waals surface area contributed by atoms with E-state index in [1.165, 1.54) is 22.5 Å². The molecule has 4 rings (SSSR count). The maximum absolute atomic E-state index is 12.7. The normalized spacial score (nSPS) is 15.5. The molecule has 0 spiro atoms. The van der Waals surface area contributed by atoms with Crippen LogP contribution in [-0.4, -0.2) is 51.2 Å². The van der Waals surface area contributed by atoms with Gasteiger partial charge in [0.15, 0.2) is 6.21 Å². The average molecular weight is 703 g/mol. The van der Waals surface area contributed by atoms with Crippen molar-refractivity contribution in [1.29, 1.82) is 0 Å². The van der Waals surface area contributed by atoms with E-state index in [0.29, 0.717) is 17.2 Å². The molecule has 0 radical (unpaired) electrons. The number of carbonyl (C=O) groups excluding carboxylic acids is 1. The summed E-state index contributed by atoms with van der Waals surface area (Å²) in [6, 6.07) is 24.0. The second-order valence-electron chi connectivity index (χ2n) is 10.8. The van der Waals surface area contributed by atoms with E-state index in [1.807, 2.05) is 62.6 Å². The average Bonchev–Trinajstić information content (AvgIpc) is 3.07. The first kappa shape index (κ1) is 34.9. The number of hydrogen-bond donors (Lipinski definition) is 0. The molecule has 0 saturated heterocycles. The Kier molecular flexibility index (Phi) is 11.1. The van der Waals surface area contributed by atoms with E-state index in [0.717, 1.165) is 12.1 Å². The number of halogens is 6. The van der Waals surface area contributed by atoms with Gasteiger partial charge in [0.05, 0.1) is 5.56 Å². The van der Waals surface area contributed by atoms with Gasteiger partial charge in [-0.05, 0) is 52.9 Å². The van der Waals surface area contributed by atoms with Gasteiger partial charge in [0.25, 0.3) is 0 Å². The number of anilines is 1. The Morgan fingerprint density at radius 2 is 1.48 bits per heavy atom. The molecule has 0 fully saturated rings. The van der Waals surface area contributed by atoms with E-state index in [1.54, 1.807) is 0 Å². The Hall–Kier alpha value is -3.26. The molecule has 3 aromatic rings. The second-order valence-corrected chi connectivity index (χ2v) is 14.5. The number of nitrogens with zero attached hydrogens (tertiary/aromatic N) is 2. The zero-order valence-corrected chi connectivity index (χ0v) is 26.8. The van der Waals surface area contributed by atoms with Crippen molar-refractivity contribution < 1.29 is 32.9 Å². The summed E-state index contributed by atoms with van der Waals surface area (Å²) in [5, 5.41) is 0. The van der Waals surface area contributed by atoms with E-state index in [-0.39, 0.29) is 16.1 Å². The quantitative estimate of drug-likeness (QED) is 0.0876. The van der Waals surface area contributed by atoms with Gasteiger partial charge in [-0.1, -0.05) is 70.2 Å². The molecule has 0 saturated carbocycles. The molecule has 11 heteroatoms. The van der Waals surface area contributed by atoms with Crippen molar-refractivity contribution in [2.75, 3.05) is 19.0 Å². The van der Waals surface area contributed by atoms with E-state index in [4.69, 9.17) is 4.74 Å². The van der Waals surface area contributed by atoms with Gasteiger partial charge in [-0.25, -0.2) is 9.37 Å². The second kappa shape index (κ2) is 13.4. The predicted octanol–water partition coefficient (Wildman–Crippen LogP) is 5.28. The minimum absolute atomic E-state index is 0. The van der Waals surface area contributed by atoms with Crippen LogP contribution in [0.5, 0.6) is 5.75 Å². The van der Waals surface area contributed by atoms with Crippen molar-refractivity contribution >= 4 is 38.2 Å². The van der Waals surface area contributed by atoms with Crippen molar-refractivity contribution in [2.24, 2.45) is 0 Å². The molecular weight excluding hydrogens is 668 g/mol. The van der Waals surface area contributed by atoms with Crippen LogP contribution in [0.3, 0.4) is 0 Å². The van der Waals surface area contributed by atoms with Crippen LogP contribution in [0.15, 0.2) is 84.6 Å². The Balaban J connectivity index is 0.000000798. The number of esters is 1. The first-order valence-electron chi connectivity index (χ1n) is 13.0. The van der Waals surface area contributed by atoms with Crippen LogP contribution in [0, 0.1) is 0 Å². The first-order chi connectivity index (χ1) is 18.9. The Bertz CT molecular complexity index is 1420. The zero-order chi connectivity index (χ0) is 30.6. The topological polar surface area (TPSA) is 32.5 Å². The summed E-state index contributed by atoms with van der Waals surface area (Å²) < 4.78 is 57.2. The summed E-state index contributed by atoms with van der Waals surface area (Å²) in [6.45, 7) is 9.55. The molecule has 1 heterocycles. The van der Waals surface area contributed by atoms with Crippen LogP contribution >= 0.6 is 0 Å². The standard InChI is InChI=1S/C31H35N2O2.6FH.Sb/c1-22(2)24-15-17-26(18-16-24)35-30(34)25-13-11-23(12-14-25)21-33-28-10-8-7-9-27(28)31(3,4)29(33)19-20-32(5)6;;;;;;;/h7-20,22H,21H2,1-6H3;6*1H;/q+1;;;;;;;+5/p-6. The van der Waals surface area contributed by atoms with Gasteiger partial charge in [-0.2, -0.15) is 0 Å². The van der Waals surface area contributed by atoms with E-state index >= 15 is 0 Å². The molecule has 0 N–H and O–H groups in total. The number of benzene rings is 3. The van der Waals surface area contributed by atoms with Gasteiger partial charge < -0.3 is 14.3 Å². The fourth-order valence-electron chi connectivity index (χ4n) is 4.55. The summed E-state index contributed by atoms with van der Waals surface area (Å²) in [5.74, 6) is 0.658.